The fraction of sp³-hybridized carbons (Fsp3) is 0.286. The van der Waals surface area contributed by atoms with Gasteiger partial charge in [-0.3, -0.25) is 14.9 Å². The lowest BCUT2D eigenvalue weighted by molar-refractivity contribution is -0.385. The fourth-order valence-corrected chi connectivity index (χ4v) is 3.02. The topological polar surface area (TPSA) is 112 Å². The molecular formula is C21H22N4O5. The lowest BCUT2D eigenvalue weighted by Gasteiger charge is -2.25. The predicted molar refractivity (Wildman–Crippen MR) is 109 cm³/mol. The van der Waals surface area contributed by atoms with Crippen molar-refractivity contribution >= 4 is 11.6 Å². The van der Waals surface area contributed by atoms with Crippen molar-refractivity contribution in [1.82, 2.24) is 15.0 Å². The number of aromatic nitrogens is 2. The van der Waals surface area contributed by atoms with Gasteiger partial charge in [-0.1, -0.05) is 11.2 Å². The highest BCUT2D eigenvalue weighted by Gasteiger charge is 2.26. The Morgan fingerprint density at radius 1 is 1.23 bits per heavy atom. The number of benzene rings is 2. The third-order valence-corrected chi connectivity index (χ3v) is 4.74. The average Bonchev–Trinajstić information content (AvgIpc) is 3.20. The number of nitro benzene ring substituents is 1. The minimum absolute atomic E-state index is 0.0851. The van der Waals surface area contributed by atoms with Crippen LogP contribution >= 0.6 is 0 Å². The average molecular weight is 410 g/mol. The van der Waals surface area contributed by atoms with Crippen LogP contribution in [0.5, 0.6) is 5.75 Å². The third kappa shape index (κ3) is 4.29. The maximum Gasteiger partial charge on any atom is 0.273 e. The molecule has 0 fully saturated rings. The van der Waals surface area contributed by atoms with Gasteiger partial charge in [-0.15, -0.1) is 0 Å². The summed E-state index contributed by atoms with van der Waals surface area (Å²) in [5.41, 5.74) is 1.25. The first kappa shape index (κ1) is 21.0. The van der Waals surface area contributed by atoms with Crippen LogP contribution in [-0.4, -0.2) is 39.0 Å². The van der Waals surface area contributed by atoms with Gasteiger partial charge in [0, 0.05) is 28.8 Å². The first-order valence-corrected chi connectivity index (χ1v) is 9.33. The molecule has 2 aromatic carbocycles. The summed E-state index contributed by atoms with van der Waals surface area (Å²) in [5, 5.41) is 15.2. The molecule has 1 aromatic heterocycles. The Bertz CT molecular complexity index is 1060. The van der Waals surface area contributed by atoms with Crippen molar-refractivity contribution in [2.45, 2.75) is 33.4 Å². The molecule has 0 N–H and O–H groups in total. The van der Waals surface area contributed by atoms with Gasteiger partial charge in [0.15, 0.2) is 0 Å². The zero-order chi connectivity index (χ0) is 21.8. The second-order valence-electron chi connectivity index (χ2n) is 6.97. The number of methoxy groups -OCH3 is 1. The summed E-state index contributed by atoms with van der Waals surface area (Å²) >= 11 is 0. The molecular weight excluding hydrogens is 388 g/mol. The highest BCUT2D eigenvalue weighted by Crippen LogP contribution is 2.24. The van der Waals surface area contributed by atoms with Crippen molar-refractivity contribution in [2.24, 2.45) is 0 Å². The minimum Gasteiger partial charge on any atom is -0.497 e. The Kier molecular flexibility index (Phi) is 6.10. The summed E-state index contributed by atoms with van der Waals surface area (Å²) in [5.74, 6) is 1.04. The van der Waals surface area contributed by atoms with E-state index in [1.54, 1.807) is 32.2 Å². The lowest BCUT2D eigenvalue weighted by atomic mass is 10.0. The number of nitro groups is 1. The molecule has 30 heavy (non-hydrogen) atoms. The van der Waals surface area contributed by atoms with E-state index in [0.717, 1.165) is 5.56 Å². The standard InChI is InChI=1S/C21H22N4O5/c1-13(2)24(21(26)17-6-5-7-18(14(17)3)25(27)28)12-19-22-20(23-30-19)15-8-10-16(29-4)11-9-15/h5-11,13H,12H2,1-4H3. The molecule has 0 aliphatic carbocycles. The molecule has 156 valence electrons. The summed E-state index contributed by atoms with van der Waals surface area (Å²) in [6.07, 6.45) is 0. The van der Waals surface area contributed by atoms with Gasteiger partial charge in [0.1, 0.15) is 12.3 Å². The van der Waals surface area contributed by atoms with E-state index in [-0.39, 0.29) is 35.6 Å². The van der Waals surface area contributed by atoms with Gasteiger partial charge in [0.2, 0.25) is 11.7 Å². The number of carbonyl (C=O) groups excluding carboxylic acids is 1. The lowest BCUT2D eigenvalue weighted by Crippen LogP contribution is -2.37. The number of hydrogen-bond acceptors (Lipinski definition) is 7. The van der Waals surface area contributed by atoms with E-state index in [1.807, 2.05) is 26.0 Å². The van der Waals surface area contributed by atoms with E-state index < -0.39 is 4.92 Å². The molecule has 0 saturated heterocycles. The van der Waals surface area contributed by atoms with Gasteiger partial charge < -0.3 is 14.2 Å². The monoisotopic (exact) mass is 410 g/mol. The van der Waals surface area contributed by atoms with Crippen LogP contribution in [-0.2, 0) is 6.54 Å². The van der Waals surface area contributed by atoms with Crippen LogP contribution in [0.4, 0.5) is 5.69 Å². The van der Waals surface area contributed by atoms with Gasteiger partial charge in [-0.2, -0.15) is 4.98 Å². The van der Waals surface area contributed by atoms with Gasteiger partial charge >= 0.3 is 0 Å². The van der Waals surface area contributed by atoms with Crippen molar-refractivity contribution < 1.29 is 19.0 Å². The van der Waals surface area contributed by atoms with E-state index >= 15 is 0 Å². The molecule has 0 saturated carbocycles. The zero-order valence-corrected chi connectivity index (χ0v) is 17.2. The van der Waals surface area contributed by atoms with Gasteiger partial charge in [0.25, 0.3) is 11.6 Å². The molecule has 9 nitrogen and oxygen atoms in total. The van der Waals surface area contributed by atoms with E-state index in [1.165, 1.54) is 17.0 Å². The second-order valence-corrected chi connectivity index (χ2v) is 6.97. The summed E-state index contributed by atoms with van der Waals surface area (Å²) in [6, 6.07) is 11.5. The van der Waals surface area contributed by atoms with Gasteiger partial charge in [-0.05, 0) is 51.1 Å². The molecule has 0 unspecified atom stereocenters. The molecule has 0 aliphatic heterocycles. The van der Waals surface area contributed by atoms with Crippen LogP contribution in [0.1, 0.15) is 35.7 Å². The smallest absolute Gasteiger partial charge is 0.273 e. The molecule has 1 amide bonds. The molecule has 0 bridgehead atoms. The number of ether oxygens (including phenoxy) is 1. The summed E-state index contributed by atoms with van der Waals surface area (Å²) in [7, 11) is 1.59. The van der Waals surface area contributed by atoms with Crippen LogP contribution in [0.25, 0.3) is 11.4 Å². The van der Waals surface area contributed by atoms with Crippen LogP contribution in [0, 0.1) is 17.0 Å². The van der Waals surface area contributed by atoms with Crippen LogP contribution in [0.3, 0.4) is 0 Å². The number of rotatable bonds is 7. The Labute approximate surface area is 173 Å². The van der Waals surface area contributed by atoms with Crippen LogP contribution in [0.2, 0.25) is 0 Å². The second kappa shape index (κ2) is 8.73. The normalized spacial score (nSPS) is 10.8. The minimum atomic E-state index is -0.495. The molecule has 9 heteroatoms. The highest BCUT2D eigenvalue weighted by molar-refractivity contribution is 5.96. The van der Waals surface area contributed by atoms with Crippen LogP contribution < -0.4 is 4.74 Å². The third-order valence-electron chi connectivity index (χ3n) is 4.74. The Morgan fingerprint density at radius 2 is 1.93 bits per heavy atom. The maximum atomic E-state index is 13.1. The number of nitrogens with zero attached hydrogens (tertiary/aromatic N) is 4. The number of amides is 1. The fourth-order valence-electron chi connectivity index (χ4n) is 3.02. The molecule has 1 heterocycles. The van der Waals surface area contributed by atoms with Crippen molar-refractivity contribution in [3.8, 4) is 17.1 Å². The largest absolute Gasteiger partial charge is 0.497 e. The first-order valence-electron chi connectivity index (χ1n) is 9.33. The maximum absolute atomic E-state index is 13.1. The predicted octanol–water partition coefficient (Wildman–Crippen LogP) is 4.01. The molecule has 0 spiro atoms. The van der Waals surface area contributed by atoms with E-state index in [9.17, 15) is 14.9 Å². The molecule has 0 aliphatic rings. The first-order chi connectivity index (χ1) is 14.3. The Morgan fingerprint density at radius 3 is 2.53 bits per heavy atom. The SMILES string of the molecule is COc1ccc(-c2noc(CN(C(=O)c3cccc([N+](=O)[O-])c3C)C(C)C)n2)cc1. The van der Waals surface area contributed by atoms with Crippen molar-refractivity contribution in [2.75, 3.05) is 7.11 Å². The zero-order valence-electron chi connectivity index (χ0n) is 17.2. The Hall–Kier alpha value is -3.75. The summed E-state index contributed by atoms with van der Waals surface area (Å²) in [4.78, 5) is 29.8. The Balaban J connectivity index is 1.85. The molecule has 3 rings (SSSR count). The van der Waals surface area contributed by atoms with E-state index in [0.29, 0.717) is 17.1 Å². The summed E-state index contributed by atoms with van der Waals surface area (Å²) < 4.78 is 10.5. The number of carbonyl (C=O) groups is 1. The molecule has 0 atom stereocenters. The highest BCUT2D eigenvalue weighted by atomic mass is 16.6. The number of hydrogen-bond donors (Lipinski definition) is 0. The molecule has 3 aromatic rings. The van der Waals surface area contributed by atoms with Gasteiger partial charge in [-0.25, -0.2) is 0 Å². The quantitative estimate of drug-likeness (QED) is 0.427. The van der Waals surface area contributed by atoms with Crippen molar-refractivity contribution in [3.63, 3.8) is 0 Å². The van der Waals surface area contributed by atoms with Crippen molar-refractivity contribution in [1.29, 1.82) is 0 Å². The van der Waals surface area contributed by atoms with Crippen LogP contribution in [0.15, 0.2) is 47.0 Å². The van der Waals surface area contributed by atoms with Crippen molar-refractivity contribution in [3.05, 3.63) is 69.6 Å². The molecule has 0 radical (unpaired) electrons. The van der Waals surface area contributed by atoms with E-state index in [2.05, 4.69) is 10.1 Å². The van der Waals surface area contributed by atoms with E-state index in [4.69, 9.17) is 9.26 Å². The van der Waals surface area contributed by atoms with Gasteiger partial charge in [0.05, 0.1) is 12.0 Å². The summed E-state index contributed by atoms with van der Waals surface area (Å²) in [6.45, 7) is 5.36.